The molecule has 4 nitrogen and oxygen atoms in total. The molecule has 19 heavy (non-hydrogen) atoms. The Labute approximate surface area is 116 Å². The van der Waals surface area contributed by atoms with Crippen LogP contribution in [-0.4, -0.2) is 24.1 Å². The van der Waals surface area contributed by atoms with Gasteiger partial charge in [-0.25, -0.2) is 0 Å². The zero-order valence-corrected chi connectivity index (χ0v) is 13.1. The summed E-state index contributed by atoms with van der Waals surface area (Å²) in [6.45, 7) is 11.0. The van der Waals surface area contributed by atoms with E-state index in [0.717, 1.165) is 12.8 Å². The van der Waals surface area contributed by atoms with E-state index in [-0.39, 0.29) is 12.2 Å². The Balaban J connectivity index is 5.17. The molecule has 0 N–H and O–H groups in total. The van der Waals surface area contributed by atoms with Crippen LogP contribution in [0, 0.1) is 5.41 Å². The molecular weight excluding hydrogens is 244 g/mol. The fraction of sp³-hybridized carbons (Fsp3) is 0.867. The summed E-state index contributed by atoms with van der Waals surface area (Å²) < 4.78 is 10.5. The molecule has 0 aromatic heterocycles. The largest absolute Gasteiger partial charge is 0.462 e. The topological polar surface area (TPSA) is 52.6 Å². The second kappa shape index (κ2) is 8.18. The smallest absolute Gasteiger partial charge is 0.323 e. The first-order chi connectivity index (χ1) is 8.80. The molecule has 112 valence electrons. The van der Waals surface area contributed by atoms with Gasteiger partial charge in [-0.1, -0.05) is 26.7 Å². The molecule has 0 spiro atoms. The van der Waals surface area contributed by atoms with Crippen molar-refractivity contribution >= 4 is 11.9 Å². The van der Waals surface area contributed by atoms with Gasteiger partial charge < -0.3 is 9.47 Å². The van der Waals surface area contributed by atoms with Crippen LogP contribution < -0.4 is 0 Å². The zero-order valence-electron chi connectivity index (χ0n) is 13.1. The molecule has 0 atom stereocenters. The van der Waals surface area contributed by atoms with E-state index < -0.39 is 17.4 Å². The Kier molecular flexibility index (Phi) is 7.72. The first-order valence-electron chi connectivity index (χ1n) is 7.22. The minimum absolute atomic E-state index is 0.230. The zero-order chi connectivity index (χ0) is 15.1. The predicted molar refractivity (Wildman–Crippen MR) is 74.7 cm³/mol. The van der Waals surface area contributed by atoms with Crippen LogP contribution in [0.25, 0.3) is 0 Å². The Hall–Kier alpha value is -1.06. The number of hydrogen-bond donors (Lipinski definition) is 0. The molecule has 0 saturated heterocycles. The van der Waals surface area contributed by atoms with Crippen molar-refractivity contribution in [2.45, 2.75) is 79.4 Å². The third kappa shape index (κ3) is 5.21. The highest BCUT2D eigenvalue weighted by atomic mass is 16.6. The summed E-state index contributed by atoms with van der Waals surface area (Å²) in [5, 5.41) is 0. The van der Waals surface area contributed by atoms with Gasteiger partial charge in [-0.05, 0) is 40.5 Å². The van der Waals surface area contributed by atoms with Crippen molar-refractivity contribution < 1.29 is 19.1 Å². The lowest BCUT2D eigenvalue weighted by molar-refractivity contribution is -0.178. The van der Waals surface area contributed by atoms with Gasteiger partial charge in [-0.2, -0.15) is 0 Å². The van der Waals surface area contributed by atoms with Gasteiger partial charge in [0, 0.05) is 0 Å². The van der Waals surface area contributed by atoms with Gasteiger partial charge in [0.1, 0.15) is 0 Å². The third-order valence-electron chi connectivity index (χ3n) is 3.03. The molecule has 0 rings (SSSR count). The van der Waals surface area contributed by atoms with E-state index in [4.69, 9.17) is 9.47 Å². The molecule has 0 aliphatic carbocycles. The van der Waals surface area contributed by atoms with Crippen molar-refractivity contribution in [3.63, 3.8) is 0 Å². The van der Waals surface area contributed by atoms with Crippen LogP contribution in [0.3, 0.4) is 0 Å². The molecule has 0 bridgehead atoms. The molecule has 0 aromatic carbocycles. The van der Waals surface area contributed by atoms with Crippen molar-refractivity contribution in [2.75, 3.05) is 0 Å². The van der Waals surface area contributed by atoms with Crippen LogP contribution in [0.2, 0.25) is 0 Å². The molecule has 0 radical (unpaired) electrons. The maximum atomic E-state index is 12.3. The van der Waals surface area contributed by atoms with Crippen LogP contribution in [0.1, 0.15) is 67.2 Å². The second-order valence-electron chi connectivity index (χ2n) is 5.45. The van der Waals surface area contributed by atoms with Gasteiger partial charge in [-0.15, -0.1) is 0 Å². The highest BCUT2D eigenvalue weighted by Crippen LogP contribution is 2.33. The van der Waals surface area contributed by atoms with Gasteiger partial charge in [0.25, 0.3) is 0 Å². The first kappa shape index (κ1) is 17.9. The maximum absolute atomic E-state index is 12.3. The quantitative estimate of drug-likeness (QED) is 0.501. The predicted octanol–water partition coefficient (Wildman–Crippen LogP) is 3.48. The number of carbonyl (C=O) groups is 2. The van der Waals surface area contributed by atoms with Gasteiger partial charge in [0.05, 0.1) is 12.2 Å². The summed E-state index contributed by atoms with van der Waals surface area (Å²) in [6, 6.07) is 0. The van der Waals surface area contributed by atoms with Crippen LogP contribution in [0.4, 0.5) is 0 Å². The Morgan fingerprint density at radius 3 is 1.63 bits per heavy atom. The highest BCUT2D eigenvalue weighted by molar-refractivity contribution is 6.00. The second-order valence-corrected chi connectivity index (χ2v) is 5.45. The van der Waals surface area contributed by atoms with E-state index in [1.165, 1.54) is 0 Å². The fourth-order valence-electron chi connectivity index (χ4n) is 1.89. The Morgan fingerprint density at radius 1 is 0.947 bits per heavy atom. The van der Waals surface area contributed by atoms with Gasteiger partial charge in [0.2, 0.25) is 0 Å². The molecule has 0 unspecified atom stereocenters. The number of carbonyl (C=O) groups excluding carboxylic acids is 2. The van der Waals surface area contributed by atoms with Crippen molar-refractivity contribution in [1.29, 1.82) is 0 Å². The van der Waals surface area contributed by atoms with Gasteiger partial charge >= 0.3 is 11.9 Å². The average molecular weight is 272 g/mol. The molecule has 0 aliphatic heterocycles. The summed E-state index contributed by atoms with van der Waals surface area (Å²) in [7, 11) is 0. The van der Waals surface area contributed by atoms with E-state index in [9.17, 15) is 9.59 Å². The van der Waals surface area contributed by atoms with E-state index in [0.29, 0.717) is 12.8 Å². The maximum Gasteiger partial charge on any atom is 0.323 e. The number of unbranched alkanes of at least 4 members (excludes halogenated alkanes) is 1. The molecule has 0 fully saturated rings. The van der Waals surface area contributed by atoms with Crippen molar-refractivity contribution in [3.05, 3.63) is 0 Å². The summed E-state index contributed by atoms with van der Waals surface area (Å²) >= 11 is 0. The van der Waals surface area contributed by atoms with E-state index in [2.05, 4.69) is 0 Å². The van der Waals surface area contributed by atoms with Crippen LogP contribution in [-0.2, 0) is 19.1 Å². The molecule has 0 heterocycles. The van der Waals surface area contributed by atoms with Crippen molar-refractivity contribution in [1.82, 2.24) is 0 Å². The van der Waals surface area contributed by atoms with Gasteiger partial charge in [-0.3, -0.25) is 9.59 Å². The molecule has 0 amide bonds. The van der Waals surface area contributed by atoms with Crippen LogP contribution in [0.15, 0.2) is 0 Å². The Morgan fingerprint density at radius 2 is 1.37 bits per heavy atom. The summed E-state index contributed by atoms with van der Waals surface area (Å²) in [5.41, 5.74) is -1.15. The standard InChI is InChI=1S/C15H28O4/c1-7-9-10-15(8-2,13(16)18-11(3)4)14(17)19-12(5)6/h11-12H,7-10H2,1-6H3. The van der Waals surface area contributed by atoms with Crippen LogP contribution in [0.5, 0.6) is 0 Å². The normalized spacial score (nSPS) is 11.8. The number of rotatable bonds is 8. The summed E-state index contributed by atoms with van der Waals surface area (Å²) in [4.78, 5) is 24.6. The van der Waals surface area contributed by atoms with E-state index in [1.807, 2.05) is 13.8 Å². The Bertz CT molecular complexity index is 273. The number of esters is 2. The van der Waals surface area contributed by atoms with Crippen molar-refractivity contribution in [3.8, 4) is 0 Å². The van der Waals surface area contributed by atoms with Crippen molar-refractivity contribution in [2.24, 2.45) is 5.41 Å². The third-order valence-corrected chi connectivity index (χ3v) is 3.03. The number of hydrogen-bond acceptors (Lipinski definition) is 4. The molecule has 0 aliphatic rings. The molecular formula is C15H28O4. The molecule has 0 saturated carbocycles. The first-order valence-corrected chi connectivity index (χ1v) is 7.22. The minimum atomic E-state index is -1.15. The van der Waals surface area contributed by atoms with E-state index in [1.54, 1.807) is 27.7 Å². The monoisotopic (exact) mass is 272 g/mol. The number of ether oxygens (including phenoxy) is 2. The van der Waals surface area contributed by atoms with E-state index >= 15 is 0 Å². The lowest BCUT2D eigenvalue weighted by Gasteiger charge is -2.29. The summed E-state index contributed by atoms with van der Waals surface area (Å²) in [6.07, 6.45) is 2.15. The minimum Gasteiger partial charge on any atom is -0.462 e. The van der Waals surface area contributed by atoms with Gasteiger partial charge in [0.15, 0.2) is 5.41 Å². The highest BCUT2D eigenvalue weighted by Gasteiger charge is 2.47. The average Bonchev–Trinajstić information content (AvgIpc) is 2.28. The molecule has 0 aromatic rings. The SMILES string of the molecule is CCCCC(CC)(C(=O)OC(C)C)C(=O)OC(C)C. The molecule has 4 heteroatoms. The lowest BCUT2D eigenvalue weighted by Crippen LogP contribution is -2.43. The lowest BCUT2D eigenvalue weighted by atomic mass is 9.80. The van der Waals surface area contributed by atoms with Crippen LogP contribution >= 0.6 is 0 Å². The fourth-order valence-corrected chi connectivity index (χ4v) is 1.89. The summed E-state index contributed by atoms with van der Waals surface area (Å²) in [5.74, 6) is -0.909.